The molecule has 0 unspecified atom stereocenters. The molecule has 3 rings (SSSR count). The molecule has 0 radical (unpaired) electrons. The van der Waals surface area contributed by atoms with Crippen molar-refractivity contribution in [3.8, 4) is 5.75 Å². The maximum absolute atomic E-state index is 12.0. The summed E-state index contributed by atoms with van der Waals surface area (Å²) in [6, 6.07) is 15.4. The van der Waals surface area contributed by atoms with Crippen LogP contribution >= 0.6 is 28.1 Å². The number of hydrogen-bond acceptors (Lipinski definition) is 5. The maximum Gasteiger partial charge on any atom is 0.296 e. The Morgan fingerprint density at radius 2 is 2.08 bits per heavy atom. The van der Waals surface area contributed by atoms with Gasteiger partial charge in [-0.3, -0.25) is 9.89 Å². The molecule has 3 aromatic rings. The number of halogens is 1. The predicted octanol–water partition coefficient (Wildman–Crippen LogP) is 3.83. The molecule has 2 aromatic carbocycles. The van der Waals surface area contributed by atoms with Crippen molar-refractivity contribution >= 4 is 34.4 Å². The van der Waals surface area contributed by atoms with Crippen LogP contribution < -0.4 is 10.3 Å². The van der Waals surface area contributed by atoms with Gasteiger partial charge in [-0.25, -0.2) is 0 Å². The Bertz CT molecular complexity index is 1060. The molecule has 0 bridgehead atoms. The van der Waals surface area contributed by atoms with E-state index >= 15 is 0 Å². The Balaban J connectivity index is 1.75. The minimum Gasteiger partial charge on any atom is -0.489 e. The number of H-pyrrole nitrogens is 1. The Labute approximate surface area is 163 Å². The standard InChI is InChI=1S/C18H15BrN4O2S/c1-12-17(24)23(18(26)22-21-12)20-10-14-3-2-4-16(9-14)25-11-13-5-7-15(19)8-6-13/h2-10H,11H2,1H3,(H,22,26)/b20-10+. The van der Waals surface area contributed by atoms with Gasteiger partial charge in [0.1, 0.15) is 18.1 Å². The van der Waals surface area contributed by atoms with Gasteiger partial charge < -0.3 is 4.74 Å². The van der Waals surface area contributed by atoms with Crippen molar-refractivity contribution in [2.75, 3.05) is 0 Å². The van der Waals surface area contributed by atoms with Crippen LogP contribution in [0.2, 0.25) is 0 Å². The van der Waals surface area contributed by atoms with Crippen molar-refractivity contribution in [2.24, 2.45) is 5.10 Å². The number of ether oxygens (including phenoxy) is 1. The van der Waals surface area contributed by atoms with Crippen molar-refractivity contribution in [1.82, 2.24) is 14.9 Å². The summed E-state index contributed by atoms with van der Waals surface area (Å²) in [5.74, 6) is 0.709. The van der Waals surface area contributed by atoms with E-state index in [0.717, 1.165) is 20.3 Å². The Kier molecular flexibility index (Phi) is 5.75. The number of rotatable bonds is 5. The highest BCUT2D eigenvalue weighted by Gasteiger charge is 2.02. The number of aromatic nitrogens is 3. The molecule has 0 saturated carbocycles. The predicted molar refractivity (Wildman–Crippen MR) is 106 cm³/mol. The summed E-state index contributed by atoms with van der Waals surface area (Å²) >= 11 is 8.46. The zero-order valence-electron chi connectivity index (χ0n) is 13.8. The molecule has 0 aliphatic carbocycles. The number of aromatic amines is 1. The third-order valence-electron chi connectivity index (χ3n) is 3.51. The van der Waals surface area contributed by atoms with Crippen LogP contribution in [-0.4, -0.2) is 21.1 Å². The summed E-state index contributed by atoms with van der Waals surface area (Å²) in [6.07, 6.45) is 1.55. The molecule has 26 heavy (non-hydrogen) atoms. The largest absolute Gasteiger partial charge is 0.489 e. The lowest BCUT2D eigenvalue weighted by atomic mass is 10.2. The van der Waals surface area contributed by atoms with Gasteiger partial charge in [0.15, 0.2) is 0 Å². The molecule has 8 heteroatoms. The summed E-state index contributed by atoms with van der Waals surface area (Å²) in [5, 5.41) is 10.5. The van der Waals surface area contributed by atoms with Crippen LogP contribution in [0.3, 0.4) is 0 Å². The van der Waals surface area contributed by atoms with Crippen LogP contribution in [0.15, 0.2) is 62.9 Å². The third kappa shape index (κ3) is 4.53. The SMILES string of the molecule is Cc1n[nH]c(=S)n(/N=C/c2cccc(OCc3ccc(Br)cc3)c2)c1=O. The summed E-state index contributed by atoms with van der Waals surface area (Å²) in [6.45, 7) is 2.05. The molecule has 0 aliphatic rings. The van der Waals surface area contributed by atoms with Gasteiger partial charge in [0.2, 0.25) is 4.77 Å². The van der Waals surface area contributed by atoms with Crippen LogP contribution in [0.4, 0.5) is 0 Å². The van der Waals surface area contributed by atoms with E-state index < -0.39 is 0 Å². The lowest BCUT2D eigenvalue weighted by molar-refractivity contribution is 0.306. The van der Waals surface area contributed by atoms with Crippen molar-refractivity contribution in [3.63, 3.8) is 0 Å². The molecule has 6 nitrogen and oxygen atoms in total. The third-order valence-corrected chi connectivity index (χ3v) is 4.31. The zero-order chi connectivity index (χ0) is 18.5. The molecular weight excluding hydrogens is 416 g/mol. The van der Waals surface area contributed by atoms with Gasteiger partial charge in [0.05, 0.1) is 6.21 Å². The average molecular weight is 431 g/mol. The number of nitrogens with one attached hydrogen (secondary N) is 1. The highest BCUT2D eigenvalue weighted by atomic mass is 79.9. The topological polar surface area (TPSA) is 72.3 Å². The van der Waals surface area contributed by atoms with Crippen LogP contribution in [0.1, 0.15) is 16.8 Å². The van der Waals surface area contributed by atoms with Gasteiger partial charge in [-0.15, -0.1) is 0 Å². The Hall–Kier alpha value is -2.58. The first-order valence-electron chi connectivity index (χ1n) is 7.73. The highest BCUT2D eigenvalue weighted by Crippen LogP contribution is 2.16. The molecular formula is C18H15BrN4O2S. The first-order valence-corrected chi connectivity index (χ1v) is 8.93. The average Bonchev–Trinajstić information content (AvgIpc) is 2.65. The van der Waals surface area contributed by atoms with E-state index in [-0.39, 0.29) is 10.3 Å². The summed E-state index contributed by atoms with van der Waals surface area (Å²) in [4.78, 5) is 12.0. The van der Waals surface area contributed by atoms with E-state index in [0.29, 0.717) is 18.1 Å². The number of benzene rings is 2. The minimum atomic E-state index is -0.354. The Morgan fingerprint density at radius 1 is 1.31 bits per heavy atom. The monoisotopic (exact) mass is 430 g/mol. The van der Waals surface area contributed by atoms with Gasteiger partial charge in [-0.2, -0.15) is 14.9 Å². The second-order valence-electron chi connectivity index (χ2n) is 5.46. The first-order chi connectivity index (χ1) is 12.5. The molecule has 0 spiro atoms. The fourth-order valence-corrected chi connectivity index (χ4v) is 2.57. The molecule has 0 aliphatic heterocycles. The number of nitrogens with zero attached hydrogens (tertiary/aromatic N) is 3. The number of aryl methyl sites for hydroxylation is 1. The molecule has 1 heterocycles. The summed E-state index contributed by atoms with van der Waals surface area (Å²) in [5.41, 5.74) is 1.79. The lowest BCUT2D eigenvalue weighted by Crippen LogP contribution is -2.22. The highest BCUT2D eigenvalue weighted by molar-refractivity contribution is 9.10. The van der Waals surface area contributed by atoms with Crippen LogP contribution in [-0.2, 0) is 6.61 Å². The normalized spacial score (nSPS) is 11.0. The lowest BCUT2D eigenvalue weighted by Gasteiger charge is -2.07. The van der Waals surface area contributed by atoms with Crippen LogP contribution in [0.5, 0.6) is 5.75 Å². The molecule has 0 saturated heterocycles. The van der Waals surface area contributed by atoms with E-state index in [4.69, 9.17) is 17.0 Å². The molecule has 132 valence electrons. The molecule has 1 aromatic heterocycles. The van der Waals surface area contributed by atoms with Gasteiger partial charge in [-0.1, -0.05) is 40.2 Å². The van der Waals surface area contributed by atoms with Gasteiger partial charge in [0.25, 0.3) is 5.56 Å². The van der Waals surface area contributed by atoms with Gasteiger partial charge >= 0.3 is 0 Å². The molecule has 1 N–H and O–H groups in total. The van der Waals surface area contributed by atoms with Crippen LogP contribution in [0, 0.1) is 11.7 Å². The second kappa shape index (κ2) is 8.20. The van der Waals surface area contributed by atoms with Gasteiger partial charge in [0, 0.05) is 4.47 Å². The first kappa shape index (κ1) is 18.2. The fourth-order valence-electron chi connectivity index (χ4n) is 2.13. The number of hydrogen-bond donors (Lipinski definition) is 1. The van der Waals surface area contributed by atoms with Crippen molar-refractivity contribution in [3.05, 3.63) is 84.9 Å². The van der Waals surface area contributed by atoms with Crippen molar-refractivity contribution < 1.29 is 4.74 Å². The van der Waals surface area contributed by atoms with Crippen molar-refractivity contribution in [2.45, 2.75) is 13.5 Å². The zero-order valence-corrected chi connectivity index (χ0v) is 16.3. The summed E-state index contributed by atoms with van der Waals surface area (Å²) in [7, 11) is 0. The maximum atomic E-state index is 12.0. The quantitative estimate of drug-likeness (QED) is 0.492. The van der Waals surface area contributed by atoms with Crippen LogP contribution in [0.25, 0.3) is 0 Å². The molecule has 0 fully saturated rings. The van der Waals surface area contributed by atoms with Crippen molar-refractivity contribution in [1.29, 1.82) is 0 Å². The van der Waals surface area contributed by atoms with E-state index in [1.165, 1.54) is 0 Å². The van der Waals surface area contributed by atoms with E-state index in [1.54, 1.807) is 13.1 Å². The smallest absolute Gasteiger partial charge is 0.296 e. The Morgan fingerprint density at radius 3 is 2.85 bits per heavy atom. The molecule has 0 amide bonds. The van der Waals surface area contributed by atoms with Gasteiger partial charge in [-0.05, 0) is 54.5 Å². The van der Waals surface area contributed by atoms with E-state index in [2.05, 4.69) is 31.2 Å². The minimum absolute atomic E-state index is 0.138. The second-order valence-corrected chi connectivity index (χ2v) is 6.77. The molecule has 0 atom stereocenters. The fraction of sp³-hybridized carbons (Fsp3) is 0.111. The van der Waals surface area contributed by atoms with E-state index in [1.807, 2.05) is 48.5 Å². The summed E-state index contributed by atoms with van der Waals surface area (Å²) < 4.78 is 8.08. The van der Waals surface area contributed by atoms with E-state index in [9.17, 15) is 4.79 Å².